The van der Waals surface area contributed by atoms with Crippen LogP contribution in [-0.4, -0.2) is 23.6 Å². The Balaban J connectivity index is 2.51. The van der Waals surface area contributed by atoms with Crippen molar-refractivity contribution < 1.29 is 19.4 Å². The quantitative estimate of drug-likeness (QED) is 0.785. The summed E-state index contributed by atoms with van der Waals surface area (Å²) in [6, 6.07) is 3.16. The van der Waals surface area contributed by atoms with Crippen LogP contribution in [0.4, 0.5) is 0 Å². The van der Waals surface area contributed by atoms with E-state index in [0.29, 0.717) is 17.1 Å². The van der Waals surface area contributed by atoms with Crippen LogP contribution in [0.2, 0.25) is 0 Å². The standard InChI is InChI=1S/C12H14O4/c1-12(2)11(14)6-8-9(13)4-7(15-3)5-10(8)16-12/h4-5,13H,6H2,1-3H3. The fourth-order valence-electron chi connectivity index (χ4n) is 1.70. The molecular formula is C12H14O4. The molecule has 1 heterocycles. The van der Waals surface area contributed by atoms with Crippen molar-refractivity contribution in [3.05, 3.63) is 17.7 Å². The van der Waals surface area contributed by atoms with E-state index in [2.05, 4.69) is 0 Å². The maximum absolute atomic E-state index is 11.7. The summed E-state index contributed by atoms with van der Waals surface area (Å²) in [4.78, 5) is 11.7. The van der Waals surface area contributed by atoms with Crippen LogP contribution in [-0.2, 0) is 11.2 Å². The smallest absolute Gasteiger partial charge is 0.180 e. The second kappa shape index (κ2) is 3.40. The topological polar surface area (TPSA) is 55.8 Å². The highest BCUT2D eigenvalue weighted by atomic mass is 16.5. The number of ether oxygens (including phenoxy) is 2. The molecule has 16 heavy (non-hydrogen) atoms. The highest BCUT2D eigenvalue weighted by Gasteiger charge is 2.36. The Morgan fingerprint density at radius 2 is 2.12 bits per heavy atom. The Labute approximate surface area is 93.8 Å². The number of hydrogen-bond acceptors (Lipinski definition) is 4. The number of fused-ring (bicyclic) bond motifs is 1. The van der Waals surface area contributed by atoms with Crippen molar-refractivity contribution in [1.82, 2.24) is 0 Å². The highest BCUT2D eigenvalue weighted by molar-refractivity contribution is 5.91. The normalized spacial score (nSPS) is 17.6. The summed E-state index contributed by atoms with van der Waals surface area (Å²) >= 11 is 0. The van der Waals surface area contributed by atoms with Gasteiger partial charge in [0, 0.05) is 24.1 Å². The number of benzene rings is 1. The molecule has 1 N–H and O–H groups in total. The number of carbonyl (C=O) groups excluding carboxylic acids is 1. The van der Waals surface area contributed by atoms with Crippen LogP contribution in [0.1, 0.15) is 19.4 Å². The molecular weight excluding hydrogens is 208 g/mol. The van der Waals surface area contributed by atoms with Crippen LogP contribution in [0, 0.1) is 0 Å². The van der Waals surface area contributed by atoms with E-state index in [4.69, 9.17) is 9.47 Å². The minimum absolute atomic E-state index is 0.0400. The third kappa shape index (κ3) is 1.60. The minimum Gasteiger partial charge on any atom is -0.507 e. The van der Waals surface area contributed by atoms with E-state index >= 15 is 0 Å². The zero-order chi connectivity index (χ0) is 11.9. The summed E-state index contributed by atoms with van der Waals surface area (Å²) in [6.45, 7) is 3.43. The molecule has 86 valence electrons. The van der Waals surface area contributed by atoms with Gasteiger partial charge in [0.1, 0.15) is 17.2 Å². The SMILES string of the molecule is COc1cc(O)c2c(c1)OC(C)(C)C(=O)C2. The average Bonchev–Trinajstić information content (AvgIpc) is 2.20. The molecule has 2 rings (SSSR count). The maximum atomic E-state index is 11.7. The molecule has 4 heteroatoms. The van der Waals surface area contributed by atoms with Gasteiger partial charge in [-0.25, -0.2) is 0 Å². The first-order chi connectivity index (χ1) is 7.44. The summed E-state index contributed by atoms with van der Waals surface area (Å²) in [5.41, 5.74) is -0.309. The Kier molecular flexibility index (Phi) is 2.30. The van der Waals surface area contributed by atoms with E-state index in [0.717, 1.165) is 0 Å². The number of phenolic OH excluding ortho intramolecular Hbond substituents is 1. The third-order valence-electron chi connectivity index (χ3n) is 2.77. The Hall–Kier alpha value is -1.71. The van der Waals surface area contributed by atoms with Crippen molar-refractivity contribution in [3.63, 3.8) is 0 Å². The summed E-state index contributed by atoms with van der Waals surface area (Å²) in [5.74, 6) is 1.03. The van der Waals surface area contributed by atoms with Gasteiger partial charge in [-0.2, -0.15) is 0 Å². The van der Waals surface area contributed by atoms with Gasteiger partial charge in [0.25, 0.3) is 0 Å². The molecule has 0 unspecified atom stereocenters. The molecule has 0 radical (unpaired) electrons. The van der Waals surface area contributed by atoms with Crippen molar-refractivity contribution in [1.29, 1.82) is 0 Å². The van der Waals surface area contributed by atoms with Gasteiger partial charge < -0.3 is 14.6 Å². The van der Waals surface area contributed by atoms with Gasteiger partial charge in [-0.15, -0.1) is 0 Å². The van der Waals surface area contributed by atoms with Crippen molar-refractivity contribution in [3.8, 4) is 17.2 Å². The Morgan fingerprint density at radius 1 is 1.44 bits per heavy atom. The summed E-state index contributed by atoms with van der Waals surface area (Å²) in [5, 5.41) is 9.74. The number of hydrogen-bond donors (Lipinski definition) is 1. The number of ketones is 1. The molecule has 1 aliphatic rings. The number of carbonyl (C=O) groups is 1. The molecule has 0 atom stereocenters. The molecule has 0 saturated carbocycles. The molecule has 0 bridgehead atoms. The van der Waals surface area contributed by atoms with E-state index in [-0.39, 0.29) is 18.0 Å². The molecule has 4 nitrogen and oxygen atoms in total. The van der Waals surface area contributed by atoms with Gasteiger partial charge in [-0.05, 0) is 13.8 Å². The Morgan fingerprint density at radius 3 is 2.75 bits per heavy atom. The fourth-order valence-corrected chi connectivity index (χ4v) is 1.70. The number of rotatable bonds is 1. The lowest BCUT2D eigenvalue weighted by molar-refractivity contribution is -0.132. The molecule has 0 spiro atoms. The van der Waals surface area contributed by atoms with Crippen molar-refractivity contribution in [2.75, 3.05) is 7.11 Å². The van der Waals surface area contributed by atoms with Crippen LogP contribution in [0.25, 0.3) is 0 Å². The predicted molar refractivity (Wildman–Crippen MR) is 58.1 cm³/mol. The van der Waals surface area contributed by atoms with Crippen LogP contribution in [0.15, 0.2) is 12.1 Å². The van der Waals surface area contributed by atoms with Gasteiger partial charge in [0.05, 0.1) is 7.11 Å². The monoisotopic (exact) mass is 222 g/mol. The first-order valence-corrected chi connectivity index (χ1v) is 5.06. The minimum atomic E-state index is -0.841. The van der Waals surface area contributed by atoms with Gasteiger partial charge >= 0.3 is 0 Å². The van der Waals surface area contributed by atoms with Gasteiger partial charge in [-0.1, -0.05) is 0 Å². The molecule has 0 aromatic heterocycles. The molecule has 1 aromatic carbocycles. The zero-order valence-corrected chi connectivity index (χ0v) is 9.53. The maximum Gasteiger partial charge on any atom is 0.180 e. The van der Waals surface area contributed by atoms with Crippen LogP contribution in [0.5, 0.6) is 17.2 Å². The van der Waals surface area contributed by atoms with Crippen molar-refractivity contribution in [2.24, 2.45) is 0 Å². The van der Waals surface area contributed by atoms with E-state index in [1.807, 2.05) is 0 Å². The van der Waals surface area contributed by atoms with Crippen molar-refractivity contribution in [2.45, 2.75) is 25.9 Å². The molecule has 0 fully saturated rings. The highest BCUT2D eigenvalue weighted by Crippen LogP contribution is 2.39. The van der Waals surface area contributed by atoms with Crippen LogP contribution >= 0.6 is 0 Å². The lowest BCUT2D eigenvalue weighted by Gasteiger charge is -2.31. The second-order valence-corrected chi connectivity index (χ2v) is 4.34. The molecule has 0 saturated heterocycles. The number of aromatic hydroxyl groups is 1. The summed E-state index contributed by atoms with van der Waals surface area (Å²) < 4.78 is 10.6. The molecule has 0 amide bonds. The molecule has 0 aliphatic carbocycles. The van der Waals surface area contributed by atoms with E-state index in [1.165, 1.54) is 13.2 Å². The molecule has 1 aliphatic heterocycles. The third-order valence-corrected chi connectivity index (χ3v) is 2.77. The summed E-state index contributed by atoms with van der Waals surface area (Å²) in [7, 11) is 1.51. The van der Waals surface area contributed by atoms with Gasteiger partial charge in [0.2, 0.25) is 0 Å². The fraction of sp³-hybridized carbons (Fsp3) is 0.417. The van der Waals surface area contributed by atoms with E-state index in [9.17, 15) is 9.90 Å². The largest absolute Gasteiger partial charge is 0.507 e. The predicted octanol–water partition coefficient (Wildman–Crippen LogP) is 1.68. The molecule has 1 aromatic rings. The first kappa shape index (κ1) is 10.8. The number of methoxy groups -OCH3 is 1. The lowest BCUT2D eigenvalue weighted by Crippen LogP contribution is -2.42. The van der Waals surface area contributed by atoms with Gasteiger partial charge in [0.15, 0.2) is 11.4 Å². The number of Topliss-reactive ketones (excluding diaryl/α,β-unsaturated/α-hetero) is 1. The van der Waals surface area contributed by atoms with E-state index < -0.39 is 5.60 Å². The van der Waals surface area contributed by atoms with Crippen LogP contribution < -0.4 is 9.47 Å². The first-order valence-electron chi connectivity index (χ1n) is 5.06. The van der Waals surface area contributed by atoms with E-state index in [1.54, 1.807) is 19.9 Å². The van der Waals surface area contributed by atoms with Gasteiger partial charge in [-0.3, -0.25) is 4.79 Å². The Bertz CT molecular complexity index is 449. The number of phenols is 1. The second-order valence-electron chi connectivity index (χ2n) is 4.34. The zero-order valence-electron chi connectivity index (χ0n) is 9.53. The van der Waals surface area contributed by atoms with Crippen molar-refractivity contribution >= 4 is 5.78 Å². The summed E-state index contributed by atoms with van der Waals surface area (Å²) in [6.07, 6.45) is 0.193. The van der Waals surface area contributed by atoms with Crippen LogP contribution in [0.3, 0.4) is 0 Å². The average molecular weight is 222 g/mol. The lowest BCUT2D eigenvalue weighted by atomic mass is 9.92.